The first-order valence-corrected chi connectivity index (χ1v) is 7.71. The fourth-order valence-corrected chi connectivity index (χ4v) is 2.66. The number of benzene rings is 2. The minimum atomic E-state index is -0.358. The molecule has 1 amide bonds. The smallest absolute Gasteiger partial charge is 0.262 e. The minimum absolute atomic E-state index is 0.235. The van der Waals surface area contributed by atoms with Crippen molar-refractivity contribution in [2.24, 2.45) is 0 Å². The van der Waals surface area contributed by atoms with Gasteiger partial charge in [-0.3, -0.25) is 9.59 Å². The van der Waals surface area contributed by atoms with E-state index >= 15 is 0 Å². The number of aromatic nitrogens is 2. The zero-order chi connectivity index (χ0) is 16.9. The molecule has 1 heterocycles. The van der Waals surface area contributed by atoms with Crippen LogP contribution >= 0.6 is 11.7 Å². The number of methoxy groups -OCH3 is 1. The quantitative estimate of drug-likeness (QED) is 0.692. The molecule has 0 aliphatic rings. The lowest BCUT2D eigenvalue weighted by atomic mass is 10.2. The summed E-state index contributed by atoms with van der Waals surface area (Å²) in [6.07, 6.45) is 0.650. The number of hydrogen-bond acceptors (Lipinski definition) is 7. The lowest BCUT2D eigenvalue weighted by molar-refractivity contribution is -0.118. The Kier molecular flexibility index (Phi) is 4.66. The summed E-state index contributed by atoms with van der Waals surface area (Å²) in [6, 6.07) is 10.1. The minimum Gasteiger partial charge on any atom is -0.497 e. The standard InChI is InChI=1S/C16H13N3O4S/c1-22-11-5-6-14(10(7-11)8-20)23-9-15(21)17-12-3-2-4-13-16(12)19-24-18-13/h2-8H,9H2,1H3,(H,17,21). The summed E-state index contributed by atoms with van der Waals surface area (Å²) >= 11 is 1.08. The van der Waals surface area contributed by atoms with Crippen LogP contribution in [0.2, 0.25) is 0 Å². The lowest BCUT2D eigenvalue weighted by Crippen LogP contribution is -2.20. The number of ether oxygens (including phenoxy) is 2. The molecule has 7 nitrogen and oxygen atoms in total. The Morgan fingerprint density at radius 2 is 2.17 bits per heavy atom. The average molecular weight is 343 g/mol. The van der Waals surface area contributed by atoms with Gasteiger partial charge in [0.15, 0.2) is 12.9 Å². The zero-order valence-electron chi connectivity index (χ0n) is 12.7. The van der Waals surface area contributed by atoms with Crippen molar-refractivity contribution in [1.82, 2.24) is 8.75 Å². The molecule has 0 fully saturated rings. The molecule has 0 aliphatic heterocycles. The molecule has 0 aliphatic carbocycles. The van der Waals surface area contributed by atoms with Crippen molar-refractivity contribution in [3.63, 3.8) is 0 Å². The number of carbonyl (C=O) groups is 2. The SMILES string of the molecule is COc1ccc(OCC(=O)Nc2cccc3nsnc23)c(C=O)c1. The Morgan fingerprint density at radius 1 is 1.29 bits per heavy atom. The Balaban J connectivity index is 1.68. The van der Waals surface area contributed by atoms with Crippen LogP contribution < -0.4 is 14.8 Å². The number of nitrogens with zero attached hydrogens (tertiary/aromatic N) is 2. The van der Waals surface area contributed by atoms with Crippen LogP contribution in [0.3, 0.4) is 0 Å². The van der Waals surface area contributed by atoms with Crippen LogP contribution in [-0.2, 0) is 4.79 Å². The van der Waals surface area contributed by atoms with Crippen molar-refractivity contribution >= 4 is 40.6 Å². The Morgan fingerprint density at radius 3 is 2.96 bits per heavy atom. The van der Waals surface area contributed by atoms with Crippen LogP contribution in [0.1, 0.15) is 10.4 Å². The van der Waals surface area contributed by atoms with Crippen molar-refractivity contribution in [1.29, 1.82) is 0 Å². The fraction of sp³-hybridized carbons (Fsp3) is 0.125. The molecular formula is C16H13N3O4S. The largest absolute Gasteiger partial charge is 0.497 e. The maximum absolute atomic E-state index is 12.1. The lowest BCUT2D eigenvalue weighted by Gasteiger charge is -2.10. The monoisotopic (exact) mass is 343 g/mol. The number of hydrogen-bond donors (Lipinski definition) is 1. The molecule has 1 N–H and O–H groups in total. The number of rotatable bonds is 6. The molecule has 122 valence electrons. The van der Waals surface area contributed by atoms with E-state index in [9.17, 15) is 9.59 Å². The number of anilines is 1. The van der Waals surface area contributed by atoms with E-state index < -0.39 is 0 Å². The highest BCUT2D eigenvalue weighted by Crippen LogP contribution is 2.23. The molecule has 3 aromatic rings. The topological polar surface area (TPSA) is 90.4 Å². The predicted molar refractivity (Wildman–Crippen MR) is 89.9 cm³/mol. The number of amides is 1. The van der Waals surface area contributed by atoms with Gasteiger partial charge in [0.1, 0.15) is 22.5 Å². The average Bonchev–Trinajstić information content (AvgIpc) is 3.09. The van der Waals surface area contributed by atoms with Crippen molar-refractivity contribution in [3.05, 3.63) is 42.0 Å². The highest BCUT2D eigenvalue weighted by molar-refractivity contribution is 7.00. The summed E-state index contributed by atoms with van der Waals surface area (Å²) < 4.78 is 18.7. The van der Waals surface area contributed by atoms with Gasteiger partial charge in [-0.2, -0.15) is 8.75 Å². The molecular weight excluding hydrogens is 330 g/mol. The third kappa shape index (κ3) is 3.33. The van der Waals surface area contributed by atoms with Gasteiger partial charge < -0.3 is 14.8 Å². The molecule has 1 aromatic heterocycles. The van der Waals surface area contributed by atoms with Gasteiger partial charge in [0, 0.05) is 0 Å². The second-order valence-electron chi connectivity index (χ2n) is 4.80. The van der Waals surface area contributed by atoms with E-state index in [0.717, 1.165) is 17.2 Å². The molecule has 0 atom stereocenters. The van der Waals surface area contributed by atoms with Crippen molar-refractivity contribution in [3.8, 4) is 11.5 Å². The summed E-state index contributed by atoms with van der Waals surface area (Å²) in [5.74, 6) is 0.495. The number of nitrogens with one attached hydrogen (secondary N) is 1. The van der Waals surface area contributed by atoms with Gasteiger partial charge in [-0.05, 0) is 30.3 Å². The van der Waals surface area contributed by atoms with Gasteiger partial charge in [0.05, 0.1) is 30.1 Å². The fourth-order valence-electron chi connectivity index (χ4n) is 2.11. The maximum atomic E-state index is 12.1. The molecule has 2 aromatic carbocycles. The van der Waals surface area contributed by atoms with Gasteiger partial charge >= 0.3 is 0 Å². The van der Waals surface area contributed by atoms with Crippen LogP contribution in [0, 0.1) is 0 Å². The summed E-state index contributed by atoms with van der Waals surface area (Å²) in [5, 5.41) is 2.73. The van der Waals surface area contributed by atoms with E-state index in [4.69, 9.17) is 9.47 Å². The van der Waals surface area contributed by atoms with E-state index in [2.05, 4.69) is 14.1 Å². The molecule has 0 bridgehead atoms. The highest BCUT2D eigenvalue weighted by atomic mass is 32.1. The highest BCUT2D eigenvalue weighted by Gasteiger charge is 2.11. The number of fused-ring (bicyclic) bond motifs is 1. The van der Waals surface area contributed by atoms with Crippen LogP contribution in [0.25, 0.3) is 11.0 Å². The first-order chi connectivity index (χ1) is 11.7. The number of aldehydes is 1. The van der Waals surface area contributed by atoms with Crippen molar-refractivity contribution in [2.45, 2.75) is 0 Å². The van der Waals surface area contributed by atoms with Crippen molar-refractivity contribution < 1.29 is 19.1 Å². The maximum Gasteiger partial charge on any atom is 0.262 e. The molecule has 24 heavy (non-hydrogen) atoms. The van der Waals surface area contributed by atoms with Gasteiger partial charge in [-0.15, -0.1) is 0 Å². The third-order valence-corrected chi connectivity index (χ3v) is 3.81. The van der Waals surface area contributed by atoms with E-state index in [1.54, 1.807) is 30.3 Å². The molecule has 0 unspecified atom stereocenters. The summed E-state index contributed by atoms with van der Waals surface area (Å²) in [4.78, 5) is 23.2. The first kappa shape index (κ1) is 15.9. The Labute approximate surface area is 141 Å². The van der Waals surface area contributed by atoms with Gasteiger partial charge in [0.2, 0.25) is 0 Å². The predicted octanol–water partition coefficient (Wildman–Crippen LogP) is 2.53. The van der Waals surface area contributed by atoms with E-state index in [1.165, 1.54) is 7.11 Å². The molecule has 0 saturated carbocycles. The van der Waals surface area contributed by atoms with Crippen LogP contribution in [-0.4, -0.2) is 34.7 Å². The van der Waals surface area contributed by atoms with E-state index in [-0.39, 0.29) is 12.5 Å². The van der Waals surface area contributed by atoms with Gasteiger partial charge in [-0.1, -0.05) is 6.07 Å². The second kappa shape index (κ2) is 7.05. The Hall–Kier alpha value is -3.00. The van der Waals surface area contributed by atoms with Crippen LogP contribution in [0.15, 0.2) is 36.4 Å². The summed E-state index contributed by atoms with van der Waals surface area (Å²) in [7, 11) is 1.51. The van der Waals surface area contributed by atoms with E-state index in [1.807, 2.05) is 6.07 Å². The number of carbonyl (C=O) groups excluding carboxylic acids is 2. The normalized spacial score (nSPS) is 10.4. The molecule has 8 heteroatoms. The van der Waals surface area contributed by atoms with E-state index in [0.29, 0.717) is 34.6 Å². The Bertz CT molecular complexity index is 894. The first-order valence-electron chi connectivity index (χ1n) is 6.98. The third-order valence-electron chi connectivity index (χ3n) is 3.26. The molecule has 0 radical (unpaired) electrons. The molecule has 0 saturated heterocycles. The zero-order valence-corrected chi connectivity index (χ0v) is 13.5. The second-order valence-corrected chi connectivity index (χ2v) is 5.32. The van der Waals surface area contributed by atoms with Gasteiger partial charge in [0.25, 0.3) is 5.91 Å². The molecule has 0 spiro atoms. The van der Waals surface area contributed by atoms with Gasteiger partial charge in [-0.25, -0.2) is 0 Å². The van der Waals surface area contributed by atoms with Crippen LogP contribution in [0.5, 0.6) is 11.5 Å². The molecule has 3 rings (SSSR count). The summed E-state index contributed by atoms with van der Waals surface area (Å²) in [6.45, 7) is -0.235. The van der Waals surface area contributed by atoms with Crippen LogP contribution in [0.4, 0.5) is 5.69 Å². The summed E-state index contributed by atoms with van der Waals surface area (Å²) in [5.41, 5.74) is 2.24. The van der Waals surface area contributed by atoms with Crippen molar-refractivity contribution in [2.75, 3.05) is 19.0 Å².